The summed E-state index contributed by atoms with van der Waals surface area (Å²) in [7, 11) is 0. The van der Waals surface area contributed by atoms with Crippen LogP contribution in [0.1, 0.15) is 19.4 Å². The van der Waals surface area contributed by atoms with Crippen molar-refractivity contribution in [3.8, 4) is 11.5 Å². The van der Waals surface area contributed by atoms with Crippen LogP contribution in [0.15, 0.2) is 30.4 Å². The van der Waals surface area contributed by atoms with Crippen molar-refractivity contribution >= 4 is 0 Å². The van der Waals surface area contributed by atoms with Crippen molar-refractivity contribution in [2.24, 2.45) is 0 Å². The number of hydrogen-bond acceptors (Lipinski definition) is 3. The van der Waals surface area contributed by atoms with E-state index in [0.717, 1.165) is 24.2 Å². The van der Waals surface area contributed by atoms with Gasteiger partial charge in [-0.25, -0.2) is 0 Å². The molecule has 0 unspecified atom stereocenters. The minimum absolute atomic E-state index is 0.186. The first kappa shape index (κ1) is 12.6. The van der Waals surface area contributed by atoms with E-state index < -0.39 is 0 Å². The zero-order valence-electron chi connectivity index (χ0n) is 9.92. The summed E-state index contributed by atoms with van der Waals surface area (Å²) >= 11 is 0. The Labute approximate surface area is 96.8 Å². The van der Waals surface area contributed by atoms with Gasteiger partial charge >= 0.3 is 0 Å². The van der Waals surface area contributed by atoms with Gasteiger partial charge in [0.2, 0.25) is 0 Å². The van der Waals surface area contributed by atoms with E-state index in [1.807, 2.05) is 26.0 Å². The van der Waals surface area contributed by atoms with Crippen LogP contribution in [0.3, 0.4) is 0 Å². The summed E-state index contributed by atoms with van der Waals surface area (Å²) in [4.78, 5) is 0. The topological polar surface area (TPSA) is 41.5 Å². The Kier molecular flexibility index (Phi) is 4.86. The number of nitrogens with one attached hydrogen (secondary N) is 1. The lowest BCUT2D eigenvalue weighted by atomic mass is 10.2. The summed E-state index contributed by atoms with van der Waals surface area (Å²) in [5.41, 5.74) is 2.19. The molecule has 0 fully saturated rings. The minimum atomic E-state index is 0.186. The molecule has 0 aliphatic heterocycles. The van der Waals surface area contributed by atoms with Gasteiger partial charge in [0.1, 0.15) is 0 Å². The first-order valence-electron chi connectivity index (χ1n) is 5.43. The molecule has 1 aromatic rings. The number of aromatic hydroxyl groups is 1. The second-order valence-electron chi connectivity index (χ2n) is 3.80. The van der Waals surface area contributed by atoms with Gasteiger partial charge in [-0.3, -0.25) is 0 Å². The SMILES string of the molecule is C=C(C)CNCc1ccc(O)c(OCC)c1. The maximum Gasteiger partial charge on any atom is 0.161 e. The largest absolute Gasteiger partial charge is 0.504 e. The van der Waals surface area contributed by atoms with Crippen molar-refractivity contribution in [1.82, 2.24) is 5.32 Å². The van der Waals surface area contributed by atoms with E-state index in [0.29, 0.717) is 12.4 Å². The molecule has 0 aliphatic rings. The minimum Gasteiger partial charge on any atom is -0.504 e. The van der Waals surface area contributed by atoms with Crippen LogP contribution in [0.4, 0.5) is 0 Å². The summed E-state index contributed by atoms with van der Waals surface area (Å²) in [5, 5.41) is 12.8. The van der Waals surface area contributed by atoms with Crippen LogP contribution in [0.5, 0.6) is 11.5 Å². The Morgan fingerprint density at radius 1 is 1.50 bits per heavy atom. The van der Waals surface area contributed by atoms with E-state index >= 15 is 0 Å². The van der Waals surface area contributed by atoms with Crippen molar-refractivity contribution in [2.45, 2.75) is 20.4 Å². The van der Waals surface area contributed by atoms with Crippen LogP contribution in [-0.2, 0) is 6.54 Å². The molecular formula is C13H19NO2. The number of hydrogen-bond donors (Lipinski definition) is 2. The molecule has 1 rings (SSSR count). The normalized spacial score (nSPS) is 10.1. The lowest BCUT2D eigenvalue weighted by Crippen LogP contribution is -2.15. The molecule has 3 heteroatoms. The molecule has 0 spiro atoms. The Bertz CT molecular complexity index is 361. The maximum atomic E-state index is 9.52. The summed E-state index contributed by atoms with van der Waals surface area (Å²) in [6, 6.07) is 5.39. The zero-order chi connectivity index (χ0) is 12.0. The third-order valence-corrected chi connectivity index (χ3v) is 2.08. The molecule has 0 atom stereocenters. The van der Waals surface area contributed by atoms with Crippen molar-refractivity contribution in [2.75, 3.05) is 13.2 Å². The first-order valence-corrected chi connectivity index (χ1v) is 5.43. The molecule has 0 bridgehead atoms. The lowest BCUT2D eigenvalue weighted by Gasteiger charge is -2.09. The van der Waals surface area contributed by atoms with Crippen LogP contribution in [0.2, 0.25) is 0 Å². The van der Waals surface area contributed by atoms with Crippen LogP contribution in [-0.4, -0.2) is 18.3 Å². The van der Waals surface area contributed by atoms with E-state index in [9.17, 15) is 5.11 Å². The van der Waals surface area contributed by atoms with Crippen molar-refractivity contribution in [3.63, 3.8) is 0 Å². The molecule has 0 radical (unpaired) electrons. The molecule has 0 amide bonds. The van der Waals surface area contributed by atoms with Gasteiger partial charge in [0.25, 0.3) is 0 Å². The maximum absolute atomic E-state index is 9.52. The smallest absolute Gasteiger partial charge is 0.161 e. The predicted octanol–water partition coefficient (Wildman–Crippen LogP) is 2.46. The highest BCUT2D eigenvalue weighted by Gasteiger charge is 2.02. The molecule has 0 heterocycles. The second-order valence-corrected chi connectivity index (χ2v) is 3.80. The first-order chi connectivity index (χ1) is 7.63. The van der Waals surface area contributed by atoms with Gasteiger partial charge in [-0.2, -0.15) is 0 Å². The van der Waals surface area contributed by atoms with Crippen LogP contribution >= 0.6 is 0 Å². The molecule has 1 aromatic carbocycles. The lowest BCUT2D eigenvalue weighted by molar-refractivity contribution is 0.317. The fourth-order valence-corrected chi connectivity index (χ4v) is 1.36. The number of rotatable bonds is 6. The van der Waals surface area contributed by atoms with Gasteiger partial charge in [0.15, 0.2) is 11.5 Å². The summed E-state index contributed by atoms with van der Waals surface area (Å²) in [6.45, 7) is 9.79. The molecule has 3 nitrogen and oxygen atoms in total. The van der Waals surface area contributed by atoms with E-state index in [2.05, 4.69) is 11.9 Å². The van der Waals surface area contributed by atoms with Gasteiger partial charge in [0, 0.05) is 13.1 Å². The fraction of sp³-hybridized carbons (Fsp3) is 0.385. The van der Waals surface area contributed by atoms with E-state index in [4.69, 9.17) is 4.74 Å². The summed E-state index contributed by atoms with van der Waals surface area (Å²) in [6.07, 6.45) is 0. The highest BCUT2D eigenvalue weighted by atomic mass is 16.5. The van der Waals surface area contributed by atoms with E-state index in [1.54, 1.807) is 6.07 Å². The van der Waals surface area contributed by atoms with Gasteiger partial charge < -0.3 is 15.2 Å². The second kappa shape index (κ2) is 6.18. The van der Waals surface area contributed by atoms with Crippen molar-refractivity contribution < 1.29 is 9.84 Å². The molecule has 88 valence electrons. The molecular weight excluding hydrogens is 202 g/mol. The molecule has 16 heavy (non-hydrogen) atoms. The number of phenolic OH excluding ortho intramolecular Hbond substituents is 1. The van der Waals surface area contributed by atoms with E-state index in [1.165, 1.54) is 0 Å². The van der Waals surface area contributed by atoms with Gasteiger partial charge in [-0.15, -0.1) is 0 Å². The van der Waals surface area contributed by atoms with Crippen LogP contribution in [0, 0.1) is 0 Å². The average Bonchev–Trinajstić information content (AvgIpc) is 2.22. The molecule has 2 N–H and O–H groups in total. The predicted molar refractivity (Wildman–Crippen MR) is 65.8 cm³/mol. The Hall–Kier alpha value is -1.48. The highest BCUT2D eigenvalue weighted by molar-refractivity contribution is 5.41. The van der Waals surface area contributed by atoms with Crippen LogP contribution in [0.25, 0.3) is 0 Å². The summed E-state index contributed by atoms with van der Waals surface area (Å²) in [5.74, 6) is 0.725. The van der Waals surface area contributed by atoms with Crippen molar-refractivity contribution in [3.05, 3.63) is 35.9 Å². The fourth-order valence-electron chi connectivity index (χ4n) is 1.36. The third kappa shape index (κ3) is 3.95. The average molecular weight is 221 g/mol. The summed E-state index contributed by atoms with van der Waals surface area (Å²) < 4.78 is 5.31. The number of phenols is 1. The monoisotopic (exact) mass is 221 g/mol. The number of benzene rings is 1. The van der Waals surface area contributed by atoms with E-state index in [-0.39, 0.29) is 5.75 Å². The Morgan fingerprint density at radius 3 is 2.88 bits per heavy atom. The molecule has 0 saturated heterocycles. The standard InChI is InChI=1S/C13H19NO2/c1-4-16-13-7-11(5-6-12(13)15)9-14-8-10(2)3/h5-7,14-15H,2,4,8-9H2,1,3H3. The van der Waals surface area contributed by atoms with Gasteiger partial charge in [-0.1, -0.05) is 18.2 Å². The van der Waals surface area contributed by atoms with Gasteiger partial charge in [0.05, 0.1) is 6.61 Å². The molecule has 0 aromatic heterocycles. The third-order valence-electron chi connectivity index (χ3n) is 2.08. The quantitative estimate of drug-likeness (QED) is 0.725. The van der Waals surface area contributed by atoms with Crippen LogP contribution < -0.4 is 10.1 Å². The zero-order valence-corrected chi connectivity index (χ0v) is 9.92. The Balaban J connectivity index is 2.60. The molecule has 0 saturated carbocycles. The van der Waals surface area contributed by atoms with Crippen molar-refractivity contribution in [1.29, 1.82) is 0 Å². The highest BCUT2D eigenvalue weighted by Crippen LogP contribution is 2.26. The molecule has 0 aliphatic carbocycles. The van der Waals surface area contributed by atoms with Gasteiger partial charge in [-0.05, 0) is 31.5 Å². The number of ether oxygens (including phenoxy) is 1. The Morgan fingerprint density at radius 2 is 2.25 bits per heavy atom.